The van der Waals surface area contributed by atoms with Gasteiger partial charge in [0, 0.05) is 10.6 Å². The van der Waals surface area contributed by atoms with Crippen molar-refractivity contribution < 1.29 is 17.9 Å². The Morgan fingerprint density at radius 1 is 1.24 bits per heavy atom. The fourth-order valence-corrected chi connectivity index (χ4v) is 3.90. The molecule has 114 valence electrons. The number of aliphatic hydroxyl groups excluding tert-OH is 1. The average Bonchev–Trinajstić information content (AvgIpc) is 2.69. The number of sulfonamides is 1. The Bertz CT molecular complexity index is 781. The number of nitrogens with one attached hydrogen (secondary N) is 1. The molecule has 5 nitrogen and oxygen atoms in total. The SMILES string of the molecule is Cc1oc(C)c(S(=O)(=O)Nc2cccc(Cl)c2C)c1CO. The Hall–Kier alpha value is -1.50. The predicted octanol–water partition coefficient (Wildman–Crippen LogP) is 3.15. The van der Waals surface area contributed by atoms with E-state index in [2.05, 4.69) is 4.72 Å². The summed E-state index contributed by atoms with van der Waals surface area (Å²) in [5.74, 6) is 0.627. The van der Waals surface area contributed by atoms with Gasteiger partial charge in [-0.2, -0.15) is 0 Å². The van der Waals surface area contributed by atoms with Gasteiger partial charge >= 0.3 is 0 Å². The van der Waals surface area contributed by atoms with Crippen molar-refractivity contribution in [1.82, 2.24) is 0 Å². The molecule has 21 heavy (non-hydrogen) atoms. The lowest BCUT2D eigenvalue weighted by molar-refractivity contribution is 0.276. The molecule has 2 rings (SSSR count). The molecule has 0 spiro atoms. The van der Waals surface area contributed by atoms with Crippen LogP contribution in [0.25, 0.3) is 0 Å². The van der Waals surface area contributed by atoms with E-state index in [1.54, 1.807) is 39.0 Å². The van der Waals surface area contributed by atoms with Gasteiger partial charge in [0.15, 0.2) is 0 Å². The Morgan fingerprint density at radius 2 is 1.90 bits per heavy atom. The van der Waals surface area contributed by atoms with Crippen LogP contribution in [0.15, 0.2) is 27.5 Å². The lowest BCUT2D eigenvalue weighted by Gasteiger charge is -2.12. The number of benzene rings is 1. The van der Waals surface area contributed by atoms with E-state index in [0.29, 0.717) is 22.0 Å². The van der Waals surface area contributed by atoms with E-state index in [4.69, 9.17) is 16.0 Å². The maximum absolute atomic E-state index is 12.6. The second-order valence-corrected chi connectivity index (χ2v) is 6.72. The Labute approximate surface area is 128 Å². The van der Waals surface area contributed by atoms with Gasteiger partial charge in [-0.1, -0.05) is 17.7 Å². The number of hydrogen-bond acceptors (Lipinski definition) is 4. The van der Waals surface area contributed by atoms with E-state index >= 15 is 0 Å². The number of rotatable bonds is 4. The predicted molar refractivity (Wildman–Crippen MR) is 81.1 cm³/mol. The molecule has 0 fully saturated rings. The van der Waals surface area contributed by atoms with Crippen molar-refractivity contribution in [3.05, 3.63) is 45.9 Å². The maximum Gasteiger partial charge on any atom is 0.265 e. The smallest absolute Gasteiger partial charge is 0.265 e. The van der Waals surface area contributed by atoms with Crippen LogP contribution in [0, 0.1) is 20.8 Å². The van der Waals surface area contributed by atoms with Gasteiger partial charge in [0.1, 0.15) is 16.4 Å². The second kappa shape index (κ2) is 5.71. The van der Waals surface area contributed by atoms with Crippen molar-refractivity contribution in [2.75, 3.05) is 4.72 Å². The molecule has 1 aromatic heterocycles. The zero-order valence-electron chi connectivity index (χ0n) is 11.9. The quantitative estimate of drug-likeness (QED) is 0.903. The molecule has 0 bridgehead atoms. The molecule has 0 radical (unpaired) electrons. The van der Waals surface area contributed by atoms with E-state index in [1.807, 2.05) is 0 Å². The number of anilines is 1. The third kappa shape index (κ3) is 2.92. The third-order valence-electron chi connectivity index (χ3n) is 3.26. The van der Waals surface area contributed by atoms with Crippen molar-refractivity contribution >= 4 is 27.3 Å². The normalized spacial score (nSPS) is 11.7. The molecule has 0 amide bonds. The molecule has 0 atom stereocenters. The highest BCUT2D eigenvalue weighted by Crippen LogP contribution is 2.30. The van der Waals surface area contributed by atoms with Gasteiger partial charge in [-0.3, -0.25) is 4.72 Å². The highest BCUT2D eigenvalue weighted by molar-refractivity contribution is 7.92. The number of halogens is 1. The van der Waals surface area contributed by atoms with Gasteiger partial charge in [-0.15, -0.1) is 0 Å². The molecule has 1 aromatic carbocycles. The summed E-state index contributed by atoms with van der Waals surface area (Å²) in [7, 11) is -3.87. The first-order valence-electron chi connectivity index (χ1n) is 6.25. The molecule has 0 aliphatic rings. The first-order valence-corrected chi connectivity index (χ1v) is 8.11. The molecule has 0 aliphatic heterocycles. The van der Waals surface area contributed by atoms with Gasteiger partial charge in [-0.25, -0.2) is 8.42 Å². The van der Waals surface area contributed by atoms with Gasteiger partial charge < -0.3 is 9.52 Å². The largest absolute Gasteiger partial charge is 0.465 e. The highest BCUT2D eigenvalue weighted by Gasteiger charge is 2.27. The van der Waals surface area contributed by atoms with E-state index in [-0.39, 0.29) is 16.2 Å². The lowest BCUT2D eigenvalue weighted by Crippen LogP contribution is -2.16. The van der Waals surface area contributed by atoms with Crippen LogP contribution in [0.5, 0.6) is 0 Å². The van der Waals surface area contributed by atoms with Crippen LogP contribution in [0.1, 0.15) is 22.6 Å². The zero-order chi connectivity index (χ0) is 15.8. The molecule has 1 heterocycles. The van der Waals surface area contributed by atoms with E-state index < -0.39 is 16.6 Å². The minimum Gasteiger partial charge on any atom is -0.465 e. The van der Waals surface area contributed by atoms with E-state index in [1.165, 1.54) is 0 Å². The number of aliphatic hydroxyl groups is 1. The summed E-state index contributed by atoms with van der Waals surface area (Å²) in [6.07, 6.45) is 0. The Balaban J connectivity index is 2.51. The van der Waals surface area contributed by atoms with Crippen LogP contribution >= 0.6 is 11.6 Å². The monoisotopic (exact) mass is 329 g/mol. The lowest BCUT2D eigenvalue weighted by atomic mass is 10.2. The molecule has 0 saturated carbocycles. The van der Waals surface area contributed by atoms with Crippen LogP contribution in [0.4, 0.5) is 5.69 Å². The van der Waals surface area contributed by atoms with Gasteiger partial charge in [-0.05, 0) is 38.5 Å². The fourth-order valence-electron chi connectivity index (χ4n) is 2.16. The first-order chi connectivity index (χ1) is 9.77. The molecule has 0 aliphatic carbocycles. The summed E-state index contributed by atoms with van der Waals surface area (Å²) in [6, 6.07) is 4.97. The molecule has 2 aromatic rings. The van der Waals surface area contributed by atoms with Gasteiger partial charge in [0.25, 0.3) is 10.0 Å². The Kier molecular flexibility index (Phi) is 4.32. The van der Waals surface area contributed by atoms with E-state index in [9.17, 15) is 13.5 Å². The van der Waals surface area contributed by atoms with Crippen molar-refractivity contribution in [3.8, 4) is 0 Å². The maximum atomic E-state index is 12.6. The second-order valence-electron chi connectivity index (χ2n) is 4.70. The number of hydrogen-bond donors (Lipinski definition) is 2. The molecule has 7 heteroatoms. The van der Waals surface area contributed by atoms with Crippen molar-refractivity contribution in [3.63, 3.8) is 0 Å². The highest BCUT2D eigenvalue weighted by atomic mass is 35.5. The summed E-state index contributed by atoms with van der Waals surface area (Å²) >= 11 is 5.99. The topological polar surface area (TPSA) is 79.5 Å². The van der Waals surface area contributed by atoms with Crippen LogP contribution in [0.2, 0.25) is 5.02 Å². The standard InChI is InChI=1S/C14H16ClNO4S/c1-8-12(15)5-4-6-13(8)16-21(18,19)14-10(3)20-9(2)11(14)7-17/h4-6,16-17H,7H2,1-3H3. The van der Waals surface area contributed by atoms with Crippen LogP contribution in [-0.2, 0) is 16.6 Å². The van der Waals surface area contributed by atoms with Crippen molar-refractivity contribution in [2.24, 2.45) is 0 Å². The average molecular weight is 330 g/mol. The molecular formula is C14H16ClNO4S. The molecule has 2 N–H and O–H groups in total. The summed E-state index contributed by atoms with van der Waals surface area (Å²) in [5.41, 5.74) is 1.29. The van der Waals surface area contributed by atoms with Crippen molar-refractivity contribution in [1.29, 1.82) is 0 Å². The van der Waals surface area contributed by atoms with Gasteiger partial charge in [0.05, 0.1) is 12.3 Å². The number of aryl methyl sites for hydroxylation is 2. The molecular weight excluding hydrogens is 314 g/mol. The molecule has 0 saturated heterocycles. The summed E-state index contributed by atoms with van der Waals surface area (Å²) in [4.78, 5) is -0.0260. The summed E-state index contributed by atoms with van der Waals surface area (Å²) in [6.45, 7) is 4.47. The minimum absolute atomic E-state index is 0.0260. The van der Waals surface area contributed by atoms with E-state index in [0.717, 1.165) is 0 Å². The van der Waals surface area contributed by atoms with Crippen LogP contribution in [0.3, 0.4) is 0 Å². The third-order valence-corrected chi connectivity index (χ3v) is 5.23. The zero-order valence-corrected chi connectivity index (χ0v) is 13.5. The van der Waals surface area contributed by atoms with Crippen molar-refractivity contribution in [2.45, 2.75) is 32.3 Å². The number of furan rings is 1. The fraction of sp³-hybridized carbons (Fsp3) is 0.286. The molecule has 0 unspecified atom stereocenters. The minimum atomic E-state index is -3.87. The van der Waals surface area contributed by atoms with Crippen LogP contribution < -0.4 is 4.72 Å². The summed E-state index contributed by atoms with van der Waals surface area (Å²) < 4.78 is 32.9. The Morgan fingerprint density at radius 3 is 2.52 bits per heavy atom. The first kappa shape index (κ1) is 15.9. The van der Waals surface area contributed by atoms with Crippen LogP contribution in [-0.4, -0.2) is 13.5 Å². The summed E-state index contributed by atoms with van der Waals surface area (Å²) in [5, 5.41) is 9.84. The van der Waals surface area contributed by atoms with Gasteiger partial charge in [0.2, 0.25) is 0 Å².